The number of benzene rings is 1. The fourth-order valence-electron chi connectivity index (χ4n) is 4.10. The van der Waals surface area contributed by atoms with Gasteiger partial charge in [0.15, 0.2) is 0 Å². The monoisotopic (exact) mass is 350 g/mol. The SMILES string of the molecule is CCC1CCCCN1C(=O)c1ccc2c(c1)CC(C)N2S(C)(=O)=O. The molecule has 0 N–H and O–H groups in total. The van der Waals surface area contributed by atoms with Gasteiger partial charge in [0.1, 0.15) is 0 Å². The Labute approximate surface area is 144 Å². The summed E-state index contributed by atoms with van der Waals surface area (Å²) in [5, 5.41) is 0. The Morgan fingerprint density at radius 3 is 2.71 bits per heavy atom. The van der Waals surface area contributed by atoms with Gasteiger partial charge in [0.05, 0.1) is 11.9 Å². The zero-order valence-corrected chi connectivity index (χ0v) is 15.5. The van der Waals surface area contributed by atoms with Crippen LogP contribution in [0, 0.1) is 0 Å². The highest BCUT2D eigenvalue weighted by atomic mass is 32.2. The topological polar surface area (TPSA) is 57.7 Å². The number of hydrogen-bond donors (Lipinski definition) is 0. The van der Waals surface area contributed by atoms with Gasteiger partial charge in [-0.2, -0.15) is 0 Å². The number of fused-ring (bicyclic) bond motifs is 1. The van der Waals surface area contributed by atoms with Gasteiger partial charge in [-0.25, -0.2) is 8.42 Å². The van der Waals surface area contributed by atoms with E-state index in [2.05, 4.69) is 6.92 Å². The second-order valence-electron chi connectivity index (χ2n) is 7.01. The molecule has 1 amide bonds. The van der Waals surface area contributed by atoms with Gasteiger partial charge in [0.25, 0.3) is 5.91 Å². The molecule has 132 valence electrons. The summed E-state index contributed by atoms with van der Waals surface area (Å²) in [6.45, 7) is 4.85. The lowest BCUT2D eigenvalue weighted by Gasteiger charge is -2.35. The Hall–Kier alpha value is -1.56. The highest BCUT2D eigenvalue weighted by Crippen LogP contribution is 2.35. The third-order valence-corrected chi connectivity index (χ3v) is 6.47. The van der Waals surface area contributed by atoms with Crippen LogP contribution < -0.4 is 4.31 Å². The van der Waals surface area contributed by atoms with Crippen molar-refractivity contribution >= 4 is 21.6 Å². The van der Waals surface area contributed by atoms with Gasteiger partial charge in [-0.3, -0.25) is 9.10 Å². The van der Waals surface area contributed by atoms with Crippen LogP contribution in [0.25, 0.3) is 0 Å². The van der Waals surface area contributed by atoms with Gasteiger partial charge in [0, 0.05) is 24.2 Å². The number of likely N-dealkylation sites (tertiary alicyclic amines) is 1. The third-order valence-electron chi connectivity index (χ3n) is 5.20. The van der Waals surface area contributed by atoms with E-state index in [1.165, 1.54) is 17.0 Å². The summed E-state index contributed by atoms with van der Waals surface area (Å²) in [6.07, 6.45) is 6.19. The molecule has 0 bridgehead atoms. The Balaban J connectivity index is 1.90. The normalized spacial score (nSPS) is 24.1. The standard InChI is InChI=1S/C18H26N2O3S/c1-4-16-7-5-6-10-19(16)18(21)14-8-9-17-15(12-14)11-13(2)20(17)24(3,22)23/h8-9,12-13,16H,4-7,10-11H2,1-3H3. The first kappa shape index (κ1) is 17.3. The molecule has 0 aromatic heterocycles. The van der Waals surface area contributed by atoms with Crippen molar-refractivity contribution in [3.05, 3.63) is 29.3 Å². The van der Waals surface area contributed by atoms with Crippen molar-refractivity contribution in [1.82, 2.24) is 4.90 Å². The number of nitrogens with zero attached hydrogens (tertiary/aromatic N) is 2. The number of anilines is 1. The molecule has 2 atom stereocenters. The molecule has 5 nitrogen and oxygen atoms in total. The molecule has 0 radical (unpaired) electrons. The molecule has 24 heavy (non-hydrogen) atoms. The van der Waals surface area contributed by atoms with E-state index in [1.807, 2.05) is 17.9 Å². The molecule has 0 spiro atoms. The van der Waals surface area contributed by atoms with E-state index in [1.54, 1.807) is 12.1 Å². The van der Waals surface area contributed by atoms with Crippen molar-refractivity contribution < 1.29 is 13.2 Å². The Morgan fingerprint density at radius 1 is 1.29 bits per heavy atom. The molecule has 2 aliphatic heterocycles. The lowest BCUT2D eigenvalue weighted by Crippen LogP contribution is -2.43. The molecule has 2 unspecified atom stereocenters. The summed E-state index contributed by atoms with van der Waals surface area (Å²) < 4.78 is 25.5. The van der Waals surface area contributed by atoms with Gasteiger partial charge in [-0.15, -0.1) is 0 Å². The van der Waals surface area contributed by atoms with Crippen LogP contribution in [-0.4, -0.2) is 44.1 Å². The lowest BCUT2D eigenvalue weighted by atomic mass is 9.98. The van der Waals surface area contributed by atoms with Crippen molar-refractivity contribution in [3.63, 3.8) is 0 Å². The second-order valence-corrected chi connectivity index (χ2v) is 8.87. The Kier molecular flexibility index (Phi) is 4.60. The first-order valence-corrected chi connectivity index (χ1v) is 10.6. The summed E-state index contributed by atoms with van der Waals surface area (Å²) >= 11 is 0. The summed E-state index contributed by atoms with van der Waals surface area (Å²) in [5.74, 6) is 0.0785. The lowest BCUT2D eigenvalue weighted by molar-refractivity contribution is 0.0608. The summed E-state index contributed by atoms with van der Waals surface area (Å²) in [6, 6.07) is 5.68. The van der Waals surface area contributed by atoms with E-state index in [0.29, 0.717) is 23.7 Å². The zero-order valence-electron chi connectivity index (χ0n) is 14.7. The van der Waals surface area contributed by atoms with Crippen LogP contribution in [0.15, 0.2) is 18.2 Å². The highest BCUT2D eigenvalue weighted by Gasteiger charge is 2.33. The van der Waals surface area contributed by atoms with E-state index < -0.39 is 10.0 Å². The van der Waals surface area contributed by atoms with Crippen LogP contribution in [0.5, 0.6) is 0 Å². The number of piperidine rings is 1. The quantitative estimate of drug-likeness (QED) is 0.842. The van der Waals surface area contributed by atoms with Crippen molar-refractivity contribution in [2.75, 3.05) is 17.1 Å². The zero-order chi connectivity index (χ0) is 17.5. The van der Waals surface area contributed by atoms with E-state index >= 15 is 0 Å². The molecule has 1 fully saturated rings. The molecule has 1 aromatic rings. The fraction of sp³-hybridized carbons (Fsp3) is 0.611. The minimum Gasteiger partial charge on any atom is -0.336 e. The maximum Gasteiger partial charge on any atom is 0.254 e. The first-order valence-electron chi connectivity index (χ1n) is 8.76. The number of carbonyl (C=O) groups is 1. The number of sulfonamides is 1. The smallest absolute Gasteiger partial charge is 0.254 e. The first-order chi connectivity index (χ1) is 11.3. The number of carbonyl (C=O) groups excluding carboxylic acids is 1. The number of hydrogen-bond acceptors (Lipinski definition) is 3. The molecule has 1 saturated heterocycles. The average Bonchev–Trinajstić information content (AvgIpc) is 2.88. The molecule has 1 aromatic carbocycles. The van der Waals surface area contributed by atoms with E-state index in [-0.39, 0.29) is 11.9 Å². The van der Waals surface area contributed by atoms with E-state index in [4.69, 9.17) is 0 Å². The minimum absolute atomic E-state index is 0.0785. The summed E-state index contributed by atoms with van der Waals surface area (Å²) in [4.78, 5) is 14.9. The van der Waals surface area contributed by atoms with Crippen LogP contribution in [-0.2, 0) is 16.4 Å². The van der Waals surface area contributed by atoms with Gasteiger partial charge in [-0.1, -0.05) is 6.92 Å². The molecule has 6 heteroatoms. The Morgan fingerprint density at radius 2 is 2.04 bits per heavy atom. The van der Waals surface area contributed by atoms with Gasteiger partial charge in [0.2, 0.25) is 10.0 Å². The van der Waals surface area contributed by atoms with E-state index in [9.17, 15) is 13.2 Å². The molecule has 2 heterocycles. The third kappa shape index (κ3) is 3.04. The minimum atomic E-state index is -3.29. The fourth-order valence-corrected chi connectivity index (χ4v) is 5.36. The van der Waals surface area contributed by atoms with Crippen molar-refractivity contribution in [1.29, 1.82) is 0 Å². The van der Waals surface area contributed by atoms with Crippen molar-refractivity contribution in [2.24, 2.45) is 0 Å². The van der Waals surface area contributed by atoms with Crippen LogP contribution in [0.2, 0.25) is 0 Å². The maximum atomic E-state index is 12.9. The molecule has 3 rings (SSSR count). The molecule has 0 saturated carbocycles. The van der Waals surface area contributed by atoms with Crippen LogP contribution in [0.3, 0.4) is 0 Å². The predicted octanol–water partition coefficient (Wildman–Crippen LogP) is 2.80. The van der Waals surface area contributed by atoms with E-state index in [0.717, 1.165) is 31.4 Å². The summed E-state index contributed by atoms with van der Waals surface area (Å²) in [5.41, 5.74) is 2.34. The van der Waals surface area contributed by atoms with Crippen LogP contribution in [0.4, 0.5) is 5.69 Å². The van der Waals surface area contributed by atoms with Gasteiger partial charge >= 0.3 is 0 Å². The molecule has 2 aliphatic rings. The van der Waals surface area contributed by atoms with Gasteiger partial charge in [-0.05, 0) is 62.8 Å². The number of rotatable bonds is 3. The van der Waals surface area contributed by atoms with Crippen molar-refractivity contribution in [2.45, 2.75) is 58.0 Å². The largest absolute Gasteiger partial charge is 0.336 e. The van der Waals surface area contributed by atoms with Crippen molar-refractivity contribution in [3.8, 4) is 0 Å². The predicted molar refractivity (Wildman–Crippen MR) is 95.9 cm³/mol. The van der Waals surface area contributed by atoms with Crippen LogP contribution in [0.1, 0.15) is 55.5 Å². The number of amides is 1. The van der Waals surface area contributed by atoms with Gasteiger partial charge < -0.3 is 4.90 Å². The molecule has 0 aliphatic carbocycles. The average molecular weight is 350 g/mol. The van der Waals surface area contributed by atoms with Crippen LogP contribution >= 0.6 is 0 Å². The molecular weight excluding hydrogens is 324 g/mol. The highest BCUT2D eigenvalue weighted by molar-refractivity contribution is 7.92. The molecular formula is C18H26N2O3S. The summed E-state index contributed by atoms with van der Waals surface area (Å²) in [7, 11) is -3.29. The Bertz CT molecular complexity index is 745. The second kappa shape index (κ2) is 6.39. The maximum absolute atomic E-state index is 12.9.